The molecule has 0 aromatic heterocycles. The van der Waals surface area contributed by atoms with Crippen molar-refractivity contribution in [3.8, 4) is 0 Å². The van der Waals surface area contributed by atoms with Crippen LogP contribution in [0, 0.1) is 0 Å². The Kier molecular flexibility index (Phi) is 11.4. The molecule has 0 nitrogen and oxygen atoms in total. The van der Waals surface area contributed by atoms with Crippen LogP contribution in [-0.4, -0.2) is 0 Å². The van der Waals surface area contributed by atoms with E-state index in [9.17, 15) is 29.1 Å². The van der Waals surface area contributed by atoms with Crippen LogP contribution < -0.4 is 47.7 Å². The van der Waals surface area contributed by atoms with Gasteiger partial charge in [0.15, 0.2) is 0 Å². The summed E-state index contributed by atoms with van der Waals surface area (Å²) >= 11 is 0. The van der Waals surface area contributed by atoms with Crippen LogP contribution >= 0.6 is 45.9 Å². The summed E-state index contributed by atoms with van der Waals surface area (Å²) in [6, 6.07) is 98.5. The Hall–Kier alpha value is -4.24. The van der Waals surface area contributed by atoms with Gasteiger partial charge < -0.3 is 0 Å². The fourth-order valence-corrected chi connectivity index (χ4v) is 160. The SMILES string of the molecule is [Cl][Ru]([Cl])([Cl])([PH](c1ccccc1)(c1ccccc1)c1ccccc1)([PH](c1ccccc1)(c1ccccc1)c1ccccc1)[PH](c1ccccc1)(c1ccccc1)c1ccccc1. The summed E-state index contributed by atoms with van der Waals surface area (Å²) in [5, 5.41) is 9.68. The Bertz CT molecular complexity index is 2240. The van der Waals surface area contributed by atoms with Gasteiger partial charge in [-0.05, 0) is 0 Å². The van der Waals surface area contributed by atoms with Crippen LogP contribution in [-0.2, 0) is 8.01 Å². The molecule has 0 saturated heterocycles. The molecule has 0 bridgehead atoms. The fourth-order valence-electron chi connectivity index (χ4n) is 10.0. The van der Waals surface area contributed by atoms with E-state index in [-0.39, 0.29) is 0 Å². The summed E-state index contributed by atoms with van der Waals surface area (Å²) in [4.78, 5) is 0. The van der Waals surface area contributed by atoms with Crippen LogP contribution in [0.25, 0.3) is 0 Å². The Balaban J connectivity index is 1.79. The molecule has 9 aromatic carbocycles. The Morgan fingerprint density at radius 1 is 0.180 bits per heavy atom. The van der Waals surface area contributed by atoms with Gasteiger partial charge in [0.25, 0.3) is 0 Å². The van der Waals surface area contributed by atoms with Crippen molar-refractivity contribution in [1.82, 2.24) is 0 Å². The van der Waals surface area contributed by atoms with Crippen molar-refractivity contribution in [1.29, 1.82) is 0 Å². The van der Waals surface area contributed by atoms with Crippen molar-refractivity contribution >= 4 is 93.6 Å². The minimum absolute atomic E-state index is 1.08. The first-order chi connectivity index (χ1) is 29.8. The Morgan fingerprint density at radius 3 is 0.377 bits per heavy atom. The summed E-state index contributed by atoms with van der Waals surface area (Å²) in [6.45, 7) is 0. The zero-order valence-electron chi connectivity index (χ0n) is 33.5. The van der Waals surface area contributed by atoms with Crippen molar-refractivity contribution in [2.24, 2.45) is 0 Å². The fraction of sp³-hybridized carbons (Fsp3) is 0. The average molecular weight is 997 g/mol. The molecule has 0 N–H and O–H groups in total. The molecule has 61 heavy (non-hydrogen) atoms. The van der Waals surface area contributed by atoms with Gasteiger partial charge in [-0.25, -0.2) is 0 Å². The maximum atomic E-state index is 10.5. The molecular weight excluding hydrogens is 949 g/mol. The van der Waals surface area contributed by atoms with E-state index in [0.717, 1.165) is 47.7 Å². The van der Waals surface area contributed by atoms with Crippen molar-refractivity contribution in [3.05, 3.63) is 273 Å². The molecule has 0 spiro atoms. The second-order valence-corrected chi connectivity index (χ2v) is 89.2. The third-order valence-corrected chi connectivity index (χ3v) is 124. The molecule has 0 atom stereocenters. The number of rotatable bonds is 12. The second-order valence-electron chi connectivity index (χ2n) is 15.2. The van der Waals surface area contributed by atoms with E-state index in [2.05, 4.69) is 273 Å². The summed E-state index contributed by atoms with van der Waals surface area (Å²) in [5.74, 6) is 0. The zero-order chi connectivity index (χ0) is 41.9. The minimum atomic E-state index is -7.33. The zero-order valence-corrected chi connectivity index (χ0v) is 40.5. The molecule has 0 radical (unpaired) electrons. The van der Waals surface area contributed by atoms with Crippen molar-refractivity contribution < 1.29 is 8.01 Å². The van der Waals surface area contributed by atoms with E-state index in [4.69, 9.17) is 0 Å². The first-order valence-corrected chi connectivity index (χ1v) is 40.5. The third kappa shape index (κ3) is 5.80. The van der Waals surface area contributed by atoms with Crippen LogP contribution in [0.4, 0.5) is 0 Å². The number of benzene rings is 9. The van der Waals surface area contributed by atoms with Gasteiger partial charge in [0.1, 0.15) is 0 Å². The van der Waals surface area contributed by atoms with E-state index in [1.54, 1.807) is 0 Å². The van der Waals surface area contributed by atoms with Gasteiger partial charge in [-0.1, -0.05) is 0 Å². The Morgan fingerprint density at radius 2 is 0.279 bits per heavy atom. The normalized spacial score (nSPS) is 14.2. The van der Waals surface area contributed by atoms with Crippen molar-refractivity contribution in [2.45, 2.75) is 0 Å². The summed E-state index contributed by atoms with van der Waals surface area (Å²) in [7, 11) is 24.2. The van der Waals surface area contributed by atoms with Gasteiger partial charge in [0.05, 0.1) is 0 Å². The molecule has 9 rings (SSSR count). The molecule has 0 aliphatic heterocycles. The van der Waals surface area contributed by atoms with Gasteiger partial charge in [-0.15, -0.1) is 0 Å². The standard InChI is InChI=1S/3C18H15P.3ClH.Ru/c3*1-4-10-16(11-5-1)19(17-12-6-2-7-13-17)18-14-8-3-9-15-18;;;;/h3*1-15H;3*1H;. The molecule has 0 aliphatic carbocycles. The predicted octanol–water partition coefficient (Wildman–Crippen LogP) is 11.6. The van der Waals surface area contributed by atoms with Crippen LogP contribution in [0.3, 0.4) is 0 Å². The molecule has 0 heterocycles. The van der Waals surface area contributed by atoms with E-state index >= 15 is 0 Å². The summed E-state index contributed by atoms with van der Waals surface area (Å²) in [6.07, 6.45) is 0. The van der Waals surface area contributed by atoms with Gasteiger partial charge in [0, 0.05) is 0 Å². The molecule has 0 saturated carbocycles. The second kappa shape index (κ2) is 16.5. The van der Waals surface area contributed by atoms with E-state index < -0.39 is 24.8 Å². The van der Waals surface area contributed by atoms with Gasteiger partial charge in [-0.2, -0.15) is 0 Å². The van der Waals surface area contributed by atoms with Crippen LogP contribution in [0.5, 0.6) is 0 Å². The molecule has 0 fully saturated rings. The van der Waals surface area contributed by atoms with E-state index in [1.165, 1.54) is 0 Å². The van der Waals surface area contributed by atoms with Crippen molar-refractivity contribution in [2.75, 3.05) is 0 Å². The average Bonchev–Trinajstić information content (AvgIpc) is 3.32. The first-order valence-electron chi connectivity index (χ1n) is 20.4. The molecule has 9 aromatic rings. The van der Waals surface area contributed by atoms with E-state index in [0.29, 0.717) is 0 Å². The molecule has 308 valence electrons. The van der Waals surface area contributed by atoms with Crippen molar-refractivity contribution in [3.63, 3.8) is 0 Å². The number of halogens is 3. The predicted molar refractivity (Wildman–Crippen MR) is 277 cm³/mol. The summed E-state index contributed by atoms with van der Waals surface area (Å²) in [5.41, 5.74) is -12.6. The molecular formula is C54H48Cl3P3Ru. The van der Waals surface area contributed by atoms with Crippen LogP contribution in [0.15, 0.2) is 273 Å². The quantitative estimate of drug-likeness (QED) is 0.0845. The third-order valence-electron chi connectivity index (χ3n) is 12.2. The maximum absolute atomic E-state index is 10.5. The van der Waals surface area contributed by atoms with Crippen LogP contribution in [0.1, 0.15) is 0 Å². The van der Waals surface area contributed by atoms with E-state index in [1.807, 2.05) is 0 Å². The van der Waals surface area contributed by atoms with Crippen LogP contribution in [0.2, 0.25) is 0 Å². The molecule has 0 amide bonds. The van der Waals surface area contributed by atoms with Gasteiger partial charge in [0.2, 0.25) is 0 Å². The summed E-state index contributed by atoms with van der Waals surface area (Å²) < 4.78 is 0. The topological polar surface area (TPSA) is 0 Å². The molecule has 7 heteroatoms. The van der Waals surface area contributed by atoms with Gasteiger partial charge >= 0.3 is 375 Å². The first kappa shape index (κ1) is 42.1. The van der Waals surface area contributed by atoms with Gasteiger partial charge in [-0.3, -0.25) is 0 Å². The molecule has 0 unspecified atom stereocenters. The Labute approximate surface area is 371 Å². The monoisotopic (exact) mass is 996 g/mol. The molecule has 0 aliphatic rings. The number of hydrogen-bond donors (Lipinski definition) is 0. The number of hydrogen-bond acceptors (Lipinski definition) is 0.